The second-order valence-corrected chi connectivity index (χ2v) is 4.40. The largest absolute Gasteiger partial charge is 0.354 e. The molecule has 18 heavy (non-hydrogen) atoms. The van der Waals surface area contributed by atoms with E-state index in [-0.39, 0.29) is 30.6 Å². The minimum absolute atomic E-state index is 0. The van der Waals surface area contributed by atoms with Crippen molar-refractivity contribution in [3.63, 3.8) is 0 Å². The minimum atomic E-state index is -0.298. The maximum Gasteiger partial charge on any atom is 0.224 e. The standard InChI is InChI=1S/C13H17FN2O.ClH/c14-11-4-1-3-10(7-11)8-13(17)16-9-12-5-2-6-15-12;/h1,3-4,7,12,15H,2,5-6,8-9H2,(H,16,17);1H. The third kappa shape index (κ3) is 4.63. The molecular weight excluding hydrogens is 255 g/mol. The first-order chi connectivity index (χ1) is 8.24. The van der Waals surface area contributed by atoms with Crippen LogP contribution in [-0.4, -0.2) is 25.0 Å². The molecule has 5 heteroatoms. The van der Waals surface area contributed by atoms with Gasteiger partial charge in [-0.25, -0.2) is 4.39 Å². The Balaban J connectivity index is 0.00000162. The summed E-state index contributed by atoms with van der Waals surface area (Å²) in [6.45, 7) is 1.69. The van der Waals surface area contributed by atoms with Gasteiger partial charge < -0.3 is 10.6 Å². The summed E-state index contributed by atoms with van der Waals surface area (Å²) in [6.07, 6.45) is 2.52. The lowest BCUT2D eigenvalue weighted by atomic mass is 10.1. The number of amides is 1. The maximum atomic E-state index is 12.9. The molecular formula is C13H18ClFN2O. The zero-order valence-electron chi connectivity index (χ0n) is 10.1. The number of halogens is 2. The predicted molar refractivity (Wildman–Crippen MR) is 71.4 cm³/mol. The summed E-state index contributed by atoms with van der Waals surface area (Å²) < 4.78 is 12.9. The lowest BCUT2D eigenvalue weighted by molar-refractivity contribution is -0.120. The molecule has 1 aliphatic heterocycles. The SMILES string of the molecule is Cl.O=C(Cc1cccc(F)c1)NCC1CCCN1. The highest BCUT2D eigenvalue weighted by Gasteiger charge is 2.14. The Labute approximate surface area is 113 Å². The van der Waals surface area contributed by atoms with Crippen LogP contribution in [0.2, 0.25) is 0 Å². The fourth-order valence-electron chi connectivity index (χ4n) is 2.06. The minimum Gasteiger partial charge on any atom is -0.354 e. The molecule has 1 amide bonds. The van der Waals surface area contributed by atoms with Crippen molar-refractivity contribution in [3.05, 3.63) is 35.6 Å². The molecule has 0 aliphatic carbocycles. The van der Waals surface area contributed by atoms with Gasteiger partial charge in [0.25, 0.3) is 0 Å². The molecule has 0 spiro atoms. The highest BCUT2D eigenvalue weighted by Crippen LogP contribution is 2.05. The number of hydrogen-bond donors (Lipinski definition) is 2. The second kappa shape index (κ2) is 7.34. The van der Waals surface area contributed by atoms with Crippen molar-refractivity contribution in [2.45, 2.75) is 25.3 Å². The average Bonchev–Trinajstić information content (AvgIpc) is 2.79. The molecule has 0 bridgehead atoms. The second-order valence-electron chi connectivity index (χ2n) is 4.40. The molecule has 1 aliphatic rings. The Bertz CT molecular complexity index is 394. The monoisotopic (exact) mass is 272 g/mol. The fourth-order valence-corrected chi connectivity index (χ4v) is 2.06. The van der Waals surface area contributed by atoms with Crippen LogP contribution in [0.3, 0.4) is 0 Å². The first kappa shape index (κ1) is 14.9. The molecule has 2 rings (SSSR count). The van der Waals surface area contributed by atoms with Crippen molar-refractivity contribution in [3.8, 4) is 0 Å². The van der Waals surface area contributed by atoms with E-state index in [9.17, 15) is 9.18 Å². The topological polar surface area (TPSA) is 41.1 Å². The number of carbonyl (C=O) groups excluding carboxylic acids is 1. The molecule has 1 aromatic carbocycles. The molecule has 1 heterocycles. The lowest BCUT2D eigenvalue weighted by Gasteiger charge is -2.11. The van der Waals surface area contributed by atoms with Gasteiger partial charge in [-0.15, -0.1) is 12.4 Å². The summed E-state index contributed by atoms with van der Waals surface area (Å²) in [5.74, 6) is -0.350. The number of hydrogen-bond acceptors (Lipinski definition) is 2. The van der Waals surface area contributed by atoms with Crippen LogP contribution in [0.5, 0.6) is 0 Å². The van der Waals surface area contributed by atoms with E-state index in [4.69, 9.17) is 0 Å². The highest BCUT2D eigenvalue weighted by atomic mass is 35.5. The molecule has 1 fully saturated rings. The van der Waals surface area contributed by atoms with Crippen LogP contribution in [-0.2, 0) is 11.2 Å². The van der Waals surface area contributed by atoms with Crippen molar-refractivity contribution in [1.29, 1.82) is 0 Å². The van der Waals surface area contributed by atoms with E-state index in [0.29, 0.717) is 18.2 Å². The summed E-state index contributed by atoms with van der Waals surface area (Å²) in [4.78, 5) is 11.6. The average molecular weight is 273 g/mol. The van der Waals surface area contributed by atoms with Gasteiger partial charge in [-0.3, -0.25) is 4.79 Å². The normalized spacial score (nSPS) is 18.2. The lowest BCUT2D eigenvalue weighted by Crippen LogP contribution is -2.37. The van der Waals surface area contributed by atoms with Crippen LogP contribution in [0.4, 0.5) is 4.39 Å². The smallest absolute Gasteiger partial charge is 0.224 e. The van der Waals surface area contributed by atoms with E-state index in [0.717, 1.165) is 13.0 Å². The third-order valence-electron chi connectivity index (χ3n) is 2.96. The van der Waals surface area contributed by atoms with Crippen molar-refractivity contribution < 1.29 is 9.18 Å². The van der Waals surface area contributed by atoms with Crippen LogP contribution < -0.4 is 10.6 Å². The molecule has 3 nitrogen and oxygen atoms in total. The molecule has 0 aromatic heterocycles. The quantitative estimate of drug-likeness (QED) is 0.875. The molecule has 1 aromatic rings. The number of rotatable bonds is 4. The summed E-state index contributed by atoms with van der Waals surface area (Å²) in [7, 11) is 0. The van der Waals surface area contributed by atoms with Crippen molar-refractivity contribution >= 4 is 18.3 Å². The summed E-state index contributed by atoms with van der Waals surface area (Å²) in [5, 5.41) is 6.18. The van der Waals surface area contributed by atoms with Crippen molar-refractivity contribution in [2.24, 2.45) is 0 Å². The molecule has 0 radical (unpaired) electrons. The van der Waals surface area contributed by atoms with Gasteiger partial charge in [0.05, 0.1) is 6.42 Å². The van der Waals surface area contributed by atoms with E-state index in [2.05, 4.69) is 10.6 Å². The van der Waals surface area contributed by atoms with Gasteiger partial charge in [-0.1, -0.05) is 12.1 Å². The van der Waals surface area contributed by atoms with E-state index in [1.807, 2.05) is 0 Å². The summed E-state index contributed by atoms with van der Waals surface area (Å²) in [6, 6.07) is 6.55. The van der Waals surface area contributed by atoms with E-state index in [1.54, 1.807) is 12.1 Å². The van der Waals surface area contributed by atoms with Gasteiger partial charge in [0.2, 0.25) is 5.91 Å². The Morgan fingerprint density at radius 1 is 1.50 bits per heavy atom. The zero-order chi connectivity index (χ0) is 12.1. The van der Waals surface area contributed by atoms with Gasteiger partial charge in [-0.2, -0.15) is 0 Å². The molecule has 2 N–H and O–H groups in total. The Morgan fingerprint density at radius 2 is 2.33 bits per heavy atom. The number of benzene rings is 1. The van der Waals surface area contributed by atoms with Crippen molar-refractivity contribution in [2.75, 3.05) is 13.1 Å². The van der Waals surface area contributed by atoms with Crippen LogP contribution in [0.15, 0.2) is 24.3 Å². The first-order valence-corrected chi connectivity index (χ1v) is 5.98. The number of nitrogens with one attached hydrogen (secondary N) is 2. The van der Waals surface area contributed by atoms with Gasteiger partial charge in [0.1, 0.15) is 5.82 Å². The van der Waals surface area contributed by atoms with Gasteiger partial charge in [0.15, 0.2) is 0 Å². The Morgan fingerprint density at radius 3 is 3.00 bits per heavy atom. The molecule has 1 saturated heterocycles. The van der Waals surface area contributed by atoms with Crippen LogP contribution in [0.25, 0.3) is 0 Å². The van der Waals surface area contributed by atoms with Gasteiger partial charge in [-0.05, 0) is 37.1 Å². The van der Waals surface area contributed by atoms with Gasteiger partial charge in [0, 0.05) is 12.6 Å². The summed E-state index contributed by atoms with van der Waals surface area (Å²) >= 11 is 0. The molecule has 100 valence electrons. The fraction of sp³-hybridized carbons (Fsp3) is 0.462. The van der Waals surface area contributed by atoms with Crippen molar-refractivity contribution in [1.82, 2.24) is 10.6 Å². The first-order valence-electron chi connectivity index (χ1n) is 5.98. The zero-order valence-corrected chi connectivity index (χ0v) is 10.9. The van der Waals surface area contributed by atoms with Gasteiger partial charge >= 0.3 is 0 Å². The molecule has 0 saturated carbocycles. The Kier molecular flexibility index (Phi) is 6.09. The summed E-state index contributed by atoms with van der Waals surface area (Å²) in [5.41, 5.74) is 0.710. The van der Waals surface area contributed by atoms with E-state index >= 15 is 0 Å². The van der Waals surface area contributed by atoms with Crippen LogP contribution in [0.1, 0.15) is 18.4 Å². The molecule has 1 unspecified atom stereocenters. The number of carbonyl (C=O) groups is 1. The Hall–Kier alpha value is -1.13. The highest BCUT2D eigenvalue weighted by molar-refractivity contribution is 5.85. The van der Waals surface area contributed by atoms with E-state index in [1.165, 1.54) is 18.6 Å². The molecule has 1 atom stereocenters. The van der Waals surface area contributed by atoms with Crippen LogP contribution in [0, 0.1) is 5.82 Å². The van der Waals surface area contributed by atoms with Crippen LogP contribution >= 0.6 is 12.4 Å². The predicted octanol–water partition coefficient (Wildman–Crippen LogP) is 1.66. The third-order valence-corrected chi connectivity index (χ3v) is 2.96. The maximum absolute atomic E-state index is 12.9. The van der Waals surface area contributed by atoms with E-state index < -0.39 is 0 Å².